The van der Waals surface area contributed by atoms with Crippen molar-refractivity contribution >= 4 is 32.3 Å². The lowest BCUT2D eigenvalue weighted by atomic mass is 10.0. The minimum atomic E-state index is -0.0563. The minimum absolute atomic E-state index is 0.0563. The maximum absolute atomic E-state index is 9.89. The van der Waals surface area contributed by atoms with Crippen molar-refractivity contribution in [3.05, 3.63) is 70.5 Å². The Balaban J connectivity index is 2.01. The molecule has 0 unspecified atom stereocenters. The van der Waals surface area contributed by atoms with Crippen molar-refractivity contribution < 1.29 is 5.11 Å². The zero-order chi connectivity index (χ0) is 16.0. The summed E-state index contributed by atoms with van der Waals surface area (Å²) in [7, 11) is 0. The number of hydrogen-bond acceptors (Lipinski definition) is 2. The number of aliphatic hydroxyl groups is 1. The molecule has 2 aromatic heterocycles. The standard InChI is InChI=1S/C19H15BrN2O/c1-12-8-16(20)19-21-18(17(11-23)22(19)10-12)15-7-6-13-4-2-3-5-14(13)9-15/h2-10,23H,11H2,1H3. The van der Waals surface area contributed by atoms with Crippen molar-refractivity contribution in [1.29, 1.82) is 0 Å². The third-order valence-electron chi connectivity index (χ3n) is 4.08. The number of nitrogens with zero attached hydrogens (tertiary/aromatic N) is 2. The molecule has 0 aliphatic carbocycles. The molecule has 0 spiro atoms. The highest BCUT2D eigenvalue weighted by molar-refractivity contribution is 9.10. The molecule has 3 nitrogen and oxygen atoms in total. The number of imidazole rings is 1. The summed E-state index contributed by atoms with van der Waals surface area (Å²) in [6.07, 6.45) is 2.00. The quantitative estimate of drug-likeness (QED) is 0.557. The molecule has 2 heterocycles. The van der Waals surface area contributed by atoms with E-state index < -0.39 is 0 Å². The first-order chi connectivity index (χ1) is 11.2. The number of fused-ring (bicyclic) bond motifs is 2. The number of rotatable bonds is 2. The molecule has 0 aliphatic heterocycles. The molecule has 0 atom stereocenters. The molecule has 4 rings (SSSR count). The number of aryl methyl sites for hydroxylation is 1. The third kappa shape index (κ3) is 2.35. The van der Waals surface area contributed by atoms with Crippen LogP contribution < -0.4 is 0 Å². The van der Waals surface area contributed by atoms with Crippen molar-refractivity contribution in [3.8, 4) is 11.3 Å². The van der Waals surface area contributed by atoms with Gasteiger partial charge in [0.1, 0.15) is 0 Å². The van der Waals surface area contributed by atoms with Gasteiger partial charge in [-0.05, 0) is 51.3 Å². The zero-order valence-corrected chi connectivity index (χ0v) is 14.2. The van der Waals surface area contributed by atoms with Gasteiger partial charge in [0.2, 0.25) is 0 Å². The summed E-state index contributed by atoms with van der Waals surface area (Å²) in [5.74, 6) is 0. The Hall–Kier alpha value is -2.17. The van der Waals surface area contributed by atoms with E-state index in [1.165, 1.54) is 10.8 Å². The fraction of sp³-hybridized carbons (Fsp3) is 0.105. The first-order valence-corrected chi connectivity index (χ1v) is 8.24. The van der Waals surface area contributed by atoms with E-state index in [2.05, 4.69) is 46.3 Å². The molecule has 0 amide bonds. The van der Waals surface area contributed by atoms with Crippen molar-refractivity contribution in [1.82, 2.24) is 9.38 Å². The molecule has 114 valence electrons. The van der Waals surface area contributed by atoms with Gasteiger partial charge in [0.25, 0.3) is 0 Å². The van der Waals surface area contributed by atoms with Gasteiger partial charge in [-0.25, -0.2) is 4.98 Å². The van der Waals surface area contributed by atoms with Gasteiger partial charge in [0, 0.05) is 11.8 Å². The number of halogens is 1. The van der Waals surface area contributed by atoms with Crippen LogP contribution in [0.4, 0.5) is 0 Å². The van der Waals surface area contributed by atoms with Gasteiger partial charge in [0.05, 0.1) is 22.5 Å². The summed E-state index contributed by atoms with van der Waals surface area (Å²) < 4.78 is 2.89. The van der Waals surface area contributed by atoms with Crippen LogP contribution in [0.3, 0.4) is 0 Å². The van der Waals surface area contributed by atoms with E-state index in [1.54, 1.807) is 0 Å². The summed E-state index contributed by atoms with van der Waals surface area (Å²) in [6, 6.07) is 16.6. The lowest BCUT2D eigenvalue weighted by Gasteiger charge is -2.05. The maximum Gasteiger partial charge on any atom is 0.152 e. The van der Waals surface area contributed by atoms with Crippen LogP contribution in [0, 0.1) is 6.92 Å². The van der Waals surface area contributed by atoms with E-state index >= 15 is 0 Å². The fourth-order valence-corrected chi connectivity index (χ4v) is 3.64. The Morgan fingerprint density at radius 2 is 1.87 bits per heavy atom. The summed E-state index contributed by atoms with van der Waals surface area (Å²) in [4.78, 5) is 4.76. The highest BCUT2D eigenvalue weighted by Gasteiger charge is 2.15. The van der Waals surface area contributed by atoms with Crippen LogP contribution >= 0.6 is 15.9 Å². The lowest BCUT2D eigenvalue weighted by molar-refractivity contribution is 0.276. The fourth-order valence-electron chi connectivity index (χ4n) is 3.00. The summed E-state index contributed by atoms with van der Waals surface area (Å²) >= 11 is 3.57. The normalized spacial score (nSPS) is 11.4. The molecule has 0 fully saturated rings. The van der Waals surface area contributed by atoms with Crippen LogP contribution in [0.1, 0.15) is 11.3 Å². The molecule has 4 aromatic rings. The van der Waals surface area contributed by atoms with Crippen molar-refractivity contribution in [3.63, 3.8) is 0 Å². The molecule has 2 aromatic carbocycles. The zero-order valence-electron chi connectivity index (χ0n) is 12.6. The Morgan fingerprint density at radius 1 is 1.09 bits per heavy atom. The molecule has 1 N–H and O–H groups in total. The highest BCUT2D eigenvalue weighted by Crippen LogP contribution is 2.30. The van der Waals surface area contributed by atoms with Crippen LogP contribution in [-0.4, -0.2) is 14.5 Å². The van der Waals surface area contributed by atoms with Crippen LogP contribution in [0.2, 0.25) is 0 Å². The van der Waals surface area contributed by atoms with Crippen LogP contribution in [0.5, 0.6) is 0 Å². The molecule has 0 radical (unpaired) electrons. The topological polar surface area (TPSA) is 37.5 Å². The third-order valence-corrected chi connectivity index (χ3v) is 4.67. The number of hydrogen-bond donors (Lipinski definition) is 1. The molecular weight excluding hydrogens is 352 g/mol. The Bertz CT molecular complexity index is 1040. The van der Waals surface area contributed by atoms with Crippen molar-refractivity contribution in [2.75, 3.05) is 0 Å². The highest BCUT2D eigenvalue weighted by atomic mass is 79.9. The number of aliphatic hydroxyl groups excluding tert-OH is 1. The van der Waals surface area contributed by atoms with Crippen LogP contribution in [-0.2, 0) is 6.61 Å². The first-order valence-electron chi connectivity index (χ1n) is 7.44. The second-order valence-corrected chi connectivity index (χ2v) is 6.54. The second kappa shape index (κ2) is 5.48. The average Bonchev–Trinajstić information content (AvgIpc) is 2.93. The summed E-state index contributed by atoms with van der Waals surface area (Å²) in [5.41, 5.74) is 4.58. The molecule has 0 aliphatic rings. The van der Waals surface area contributed by atoms with Gasteiger partial charge in [-0.1, -0.05) is 36.4 Å². The summed E-state index contributed by atoms with van der Waals surface area (Å²) in [5, 5.41) is 12.3. The van der Waals surface area contributed by atoms with Crippen molar-refractivity contribution in [2.45, 2.75) is 13.5 Å². The van der Waals surface area contributed by atoms with Gasteiger partial charge in [-0.3, -0.25) is 4.40 Å². The predicted molar refractivity (Wildman–Crippen MR) is 96.5 cm³/mol. The Kier molecular flexibility index (Phi) is 3.43. The van der Waals surface area contributed by atoms with Gasteiger partial charge in [-0.2, -0.15) is 0 Å². The minimum Gasteiger partial charge on any atom is -0.390 e. The SMILES string of the molecule is Cc1cc(Br)c2nc(-c3ccc4ccccc4c3)c(CO)n2c1. The average molecular weight is 367 g/mol. The predicted octanol–water partition coefficient (Wildman–Crippen LogP) is 4.72. The molecule has 23 heavy (non-hydrogen) atoms. The van der Waals surface area contributed by atoms with Crippen LogP contribution in [0.25, 0.3) is 27.7 Å². The maximum atomic E-state index is 9.89. The number of benzene rings is 2. The van der Waals surface area contributed by atoms with E-state index in [1.807, 2.05) is 35.7 Å². The monoisotopic (exact) mass is 366 g/mol. The summed E-state index contributed by atoms with van der Waals surface area (Å²) in [6.45, 7) is 1.97. The number of aromatic nitrogens is 2. The van der Waals surface area contributed by atoms with E-state index in [-0.39, 0.29) is 6.61 Å². The smallest absolute Gasteiger partial charge is 0.152 e. The molecular formula is C19H15BrN2O. The van der Waals surface area contributed by atoms with Gasteiger partial charge in [-0.15, -0.1) is 0 Å². The molecule has 0 saturated heterocycles. The van der Waals surface area contributed by atoms with E-state index in [0.717, 1.165) is 32.6 Å². The molecule has 0 saturated carbocycles. The largest absolute Gasteiger partial charge is 0.390 e. The Labute approximate surface area is 142 Å². The van der Waals surface area contributed by atoms with E-state index in [4.69, 9.17) is 4.98 Å². The van der Waals surface area contributed by atoms with E-state index in [0.29, 0.717) is 0 Å². The number of pyridine rings is 1. The van der Waals surface area contributed by atoms with Crippen LogP contribution in [0.15, 0.2) is 59.2 Å². The molecule has 0 bridgehead atoms. The van der Waals surface area contributed by atoms with E-state index in [9.17, 15) is 5.11 Å². The van der Waals surface area contributed by atoms with Gasteiger partial charge < -0.3 is 5.11 Å². The van der Waals surface area contributed by atoms with Gasteiger partial charge in [0.15, 0.2) is 5.65 Å². The Morgan fingerprint density at radius 3 is 2.65 bits per heavy atom. The lowest BCUT2D eigenvalue weighted by Crippen LogP contribution is -1.95. The second-order valence-electron chi connectivity index (χ2n) is 5.69. The van der Waals surface area contributed by atoms with Crippen molar-refractivity contribution in [2.24, 2.45) is 0 Å². The van der Waals surface area contributed by atoms with Gasteiger partial charge >= 0.3 is 0 Å². The molecule has 4 heteroatoms. The first kappa shape index (κ1) is 14.4.